The number of hydrogen-bond donors (Lipinski definition) is 2. The predicted octanol–water partition coefficient (Wildman–Crippen LogP) is 1.30. The fourth-order valence-corrected chi connectivity index (χ4v) is 2.28. The summed E-state index contributed by atoms with van der Waals surface area (Å²) in [6.07, 6.45) is 0. The first-order chi connectivity index (χ1) is 8.70. The fourth-order valence-electron chi connectivity index (χ4n) is 2.02. The van der Waals surface area contributed by atoms with Gasteiger partial charge >= 0.3 is 0 Å². The van der Waals surface area contributed by atoms with Gasteiger partial charge in [-0.3, -0.25) is 4.79 Å². The summed E-state index contributed by atoms with van der Waals surface area (Å²) in [5, 5.41) is 6.06. The van der Waals surface area contributed by atoms with E-state index in [0.717, 1.165) is 10.0 Å². The van der Waals surface area contributed by atoms with Crippen molar-refractivity contribution in [2.45, 2.75) is 12.6 Å². The molecule has 2 rings (SSSR count). The molecule has 2 atom stereocenters. The molecule has 1 aromatic carbocycles. The lowest BCUT2D eigenvalue weighted by Crippen LogP contribution is -2.42. The van der Waals surface area contributed by atoms with Crippen LogP contribution in [0.1, 0.15) is 5.56 Å². The van der Waals surface area contributed by atoms with Gasteiger partial charge in [0.2, 0.25) is 5.91 Å². The number of rotatable bonds is 4. The zero-order chi connectivity index (χ0) is 13.0. The van der Waals surface area contributed by atoms with E-state index in [1.54, 1.807) is 0 Å². The van der Waals surface area contributed by atoms with Crippen molar-refractivity contribution in [3.8, 4) is 0 Å². The first-order valence-corrected chi connectivity index (χ1v) is 6.77. The van der Waals surface area contributed by atoms with Crippen LogP contribution in [0, 0.1) is 5.92 Å². The summed E-state index contributed by atoms with van der Waals surface area (Å²) in [4.78, 5) is 12.0. The summed E-state index contributed by atoms with van der Waals surface area (Å²) in [7, 11) is 1.86. The van der Waals surface area contributed by atoms with Crippen LogP contribution in [0.25, 0.3) is 0 Å². The Hall–Kier alpha value is -0.910. The highest BCUT2D eigenvalue weighted by Gasteiger charge is 2.32. The lowest BCUT2D eigenvalue weighted by Gasteiger charge is -2.16. The van der Waals surface area contributed by atoms with Gasteiger partial charge < -0.3 is 15.4 Å². The predicted molar refractivity (Wildman–Crippen MR) is 73.1 cm³/mol. The molecule has 4 nitrogen and oxygen atoms in total. The Morgan fingerprint density at radius 2 is 2.11 bits per heavy atom. The van der Waals surface area contributed by atoms with Crippen molar-refractivity contribution in [3.63, 3.8) is 0 Å². The molecule has 1 aliphatic heterocycles. The van der Waals surface area contributed by atoms with Crippen molar-refractivity contribution in [1.29, 1.82) is 0 Å². The number of halogens is 1. The fraction of sp³-hybridized carbons (Fsp3) is 0.462. The summed E-state index contributed by atoms with van der Waals surface area (Å²) in [5.41, 5.74) is 1.09. The molecule has 1 aliphatic rings. The van der Waals surface area contributed by atoms with E-state index in [-0.39, 0.29) is 17.9 Å². The average Bonchev–Trinajstić information content (AvgIpc) is 2.86. The summed E-state index contributed by atoms with van der Waals surface area (Å²) < 4.78 is 6.36. The largest absolute Gasteiger partial charge is 0.379 e. The minimum absolute atomic E-state index is 0.0507. The van der Waals surface area contributed by atoms with Crippen molar-refractivity contribution < 1.29 is 9.53 Å². The summed E-state index contributed by atoms with van der Waals surface area (Å²) >= 11 is 3.38. The minimum atomic E-state index is -0.0922. The van der Waals surface area contributed by atoms with Crippen LogP contribution in [0.5, 0.6) is 0 Å². The molecule has 1 saturated heterocycles. The van der Waals surface area contributed by atoms with Crippen LogP contribution in [0.15, 0.2) is 28.7 Å². The average molecular weight is 313 g/mol. The molecule has 2 N–H and O–H groups in total. The van der Waals surface area contributed by atoms with Gasteiger partial charge in [-0.15, -0.1) is 0 Å². The maximum Gasteiger partial charge on any atom is 0.227 e. The molecule has 1 fully saturated rings. The van der Waals surface area contributed by atoms with Gasteiger partial charge in [-0.1, -0.05) is 28.1 Å². The molecule has 1 aromatic rings. The molecule has 5 heteroatoms. The Balaban J connectivity index is 1.86. The molecule has 0 saturated carbocycles. The quantitative estimate of drug-likeness (QED) is 0.881. The highest BCUT2D eigenvalue weighted by Crippen LogP contribution is 2.14. The number of likely N-dealkylation sites (N-methyl/N-ethyl adjacent to an activating group) is 1. The molecule has 18 heavy (non-hydrogen) atoms. The van der Waals surface area contributed by atoms with Crippen molar-refractivity contribution >= 4 is 21.8 Å². The lowest BCUT2D eigenvalue weighted by atomic mass is 10.0. The summed E-state index contributed by atoms with van der Waals surface area (Å²) in [5.74, 6) is -0.0415. The van der Waals surface area contributed by atoms with E-state index in [1.807, 2.05) is 31.3 Å². The van der Waals surface area contributed by atoms with E-state index in [0.29, 0.717) is 19.8 Å². The van der Waals surface area contributed by atoms with Crippen LogP contribution in [0.4, 0.5) is 0 Å². The Labute approximate surface area is 115 Å². The van der Waals surface area contributed by atoms with Crippen LogP contribution in [-0.2, 0) is 16.1 Å². The van der Waals surface area contributed by atoms with Crippen LogP contribution < -0.4 is 10.6 Å². The van der Waals surface area contributed by atoms with Crippen molar-refractivity contribution in [2.75, 3.05) is 20.3 Å². The highest BCUT2D eigenvalue weighted by molar-refractivity contribution is 9.10. The van der Waals surface area contributed by atoms with Gasteiger partial charge in [0.1, 0.15) is 0 Å². The third kappa shape index (κ3) is 3.31. The number of amides is 1. The Morgan fingerprint density at radius 1 is 1.39 bits per heavy atom. The van der Waals surface area contributed by atoms with E-state index in [2.05, 4.69) is 26.6 Å². The molecular formula is C13H17BrN2O2. The molecule has 1 heterocycles. The van der Waals surface area contributed by atoms with Crippen LogP contribution in [0.3, 0.4) is 0 Å². The molecule has 98 valence electrons. The second-order valence-electron chi connectivity index (χ2n) is 4.38. The molecule has 1 amide bonds. The molecule has 0 aromatic heterocycles. The van der Waals surface area contributed by atoms with Gasteiger partial charge in [-0.05, 0) is 24.7 Å². The SMILES string of the molecule is CNC1COCC1C(=O)NCc1ccc(Br)cc1. The monoisotopic (exact) mass is 312 g/mol. The van der Waals surface area contributed by atoms with Crippen LogP contribution in [0.2, 0.25) is 0 Å². The van der Waals surface area contributed by atoms with E-state index in [4.69, 9.17) is 4.74 Å². The maximum absolute atomic E-state index is 12.0. The number of carbonyl (C=O) groups is 1. The van der Waals surface area contributed by atoms with Gasteiger partial charge in [0.15, 0.2) is 0 Å². The topological polar surface area (TPSA) is 50.4 Å². The zero-order valence-electron chi connectivity index (χ0n) is 10.3. The normalized spacial score (nSPS) is 23.0. The maximum atomic E-state index is 12.0. The Kier molecular flexibility index (Phi) is 4.74. The van der Waals surface area contributed by atoms with Crippen molar-refractivity contribution in [1.82, 2.24) is 10.6 Å². The molecule has 0 bridgehead atoms. The zero-order valence-corrected chi connectivity index (χ0v) is 11.9. The number of benzene rings is 1. The van der Waals surface area contributed by atoms with Gasteiger partial charge in [0, 0.05) is 17.1 Å². The minimum Gasteiger partial charge on any atom is -0.379 e. The third-order valence-electron chi connectivity index (χ3n) is 3.17. The van der Waals surface area contributed by atoms with E-state index < -0.39 is 0 Å². The summed E-state index contributed by atoms with van der Waals surface area (Å²) in [6.45, 7) is 1.66. The molecule has 0 radical (unpaired) electrons. The van der Waals surface area contributed by atoms with E-state index >= 15 is 0 Å². The van der Waals surface area contributed by atoms with Crippen molar-refractivity contribution in [2.24, 2.45) is 5.92 Å². The smallest absolute Gasteiger partial charge is 0.227 e. The number of carbonyl (C=O) groups excluding carboxylic acids is 1. The van der Waals surface area contributed by atoms with Gasteiger partial charge in [-0.25, -0.2) is 0 Å². The van der Waals surface area contributed by atoms with Crippen LogP contribution >= 0.6 is 15.9 Å². The van der Waals surface area contributed by atoms with Crippen LogP contribution in [-0.4, -0.2) is 32.2 Å². The Morgan fingerprint density at radius 3 is 2.78 bits per heavy atom. The second-order valence-corrected chi connectivity index (χ2v) is 5.30. The third-order valence-corrected chi connectivity index (χ3v) is 3.70. The Bertz CT molecular complexity index is 408. The molecule has 2 unspecified atom stereocenters. The molecule has 0 aliphatic carbocycles. The first-order valence-electron chi connectivity index (χ1n) is 5.98. The van der Waals surface area contributed by atoms with Crippen molar-refractivity contribution in [3.05, 3.63) is 34.3 Å². The van der Waals surface area contributed by atoms with Gasteiger partial charge in [-0.2, -0.15) is 0 Å². The van der Waals surface area contributed by atoms with Gasteiger partial charge in [0.25, 0.3) is 0 Å². The van der Waals surface area contributed by atoms with Gasteiger partial charge in [0.05, 0.1) is 19.1 Å². The van der Waals surface area contributed by atoms with E-state index in [1.165, 1.54) is 0 Å². The molecule has 0 spiro atoms. The second kappa shape index (κ2) is 6.31. The number of ether oxygens (including phenoxy) is 1. The highest BCUT2D eigenvalue weighted by atomic mass is 79.9. The standard InChI is InChI=1S/C13H17BrN2O2/c1-15-12-8-18-7-11(12)13(17)16-6-9-2-4-10(14)5-3-9/h2-5,11-12,15H,6-8H2,1H3,(H,16,17). The summed E-state index contributed by atoms with van der Waals surface area (Å²) in [6, 6.07) is 8.04. The molecular weight excluding hydrogens is 296 g/mol. The number of hydrogen-bond acceptors (Lipinski definition) is 3. The number of nitrogens with one attached hydrogen (secondary N) is 2. The van der Waals surface area contributed by atoms with E-state index in [9.17, 15) is 4.79 Å². The lowest BCUT2D eigenvalue weighted by molar-refractivity contribution is -0.125. The first kappa shape index (κ1) is 13.5.